The Kier molecular flexibility index (Phi) is 8.89. The number of likely N-dealkylation sites (N-methyl/N-ethyl adjacent to an activating group) is 1. The summed E-state index contributed by atoms with van der Waals surface area (Å²) in [5.41, 5.74) is 7.87. The van der Waals surface area contributed by atoms with Gasteiger partial charge in [0, 0.05) is 43.6 Å². The van der Waals surface area contributed by atoms with Gasteiger partial charge in [-0.25, -0.2) is 9.97 Å². The fourth-order valence-corrected chi connectivity index (χ4v) is 2.91. The average molecular weight is 443 g/mol. The van der Waals surface area contributed by atoms with Crippen LogP contribution in [0.15, 0.2) is 18.3 Å². The summed E-state index contributed by atoms with van der Waals surface area (Å²) in [5.74, 6) is 0.279. The van der Waals surface area contributed by atoms with E-state index < -0.39 is 5.91 Å². The Labute approximate surface area is 189 Å². The van der Waals surface area contributed by atoms with Crippen molar-refractivity contribution in [2.75, 3.05) is 30.9 Å². The first kappa shape index (κ1) is 25.0. The molecule has 2 aromatic heterocycles. The van der Waals surface area contributed by atoms with Gasteiger partial charge >= 0.3 is 0 Å². The second-order valence-corrected chi connectivity index (χ2v) is 7.83. The Morgan fingerprint density at radius 2 is 1.94 bits per heavy atom. The van der Waals surface area contributed by atoms with Gasteiger partial charge in [0.05, 0.1) is 11.7 Å². The van der Waals surface area contributed by atoms with Crippen LogP contribution in [-0.2, 0) is 17.6 Å². The average Bonchev–Trinajstić information content (AvgIpc) is 2.77. The van der Waals surface area contributed by atoms with Gasteiger partial charge in [0.2, 0.25) is 5.91 Å². The smallest absolute Gasteiger partial charge is 0.271 e. The number of pyridine rings is 1. The SMILES string of the molecule is CCc1nc(C(N)=O)c(Nc2ccnc(CCNC(=O)C(C)NC)c2)nc1N(C)C(C)C. The summed E-state index contributed by atoms with van der Waals surface area (Å²) in [7, 11) is 3.68. The molecule has 5 N–H and O–H groups in total. The minimum Gasteiger partial charge on any atom is -0.364 e. The fraction of sp³-hybridized carbons (Fsp3) is 0.500. The second kappa shape index (κ2) is 11.4. The summed E-state index contributed by atoms with van der Waals surface area (Å²) >= 11 is 0. The summed E-state index contributed by atoms with van der Waals surface area (Å²) in [4.78, 5) is 39.5. The van der Waals surface area contributed by atoms with Crippen molar-refractivity contribution in [1.82, 2.24) is 25.6 Å². The maximum atomic E-state index is 12.1. The molecular formula is C22H34N8O2. The minimum atomic E-state index is -0.649. The molecule has 0 aliphatic heterocycles. The lowest BCUT2D eigenvalue weighted by Crippen LogP contribution is -2.41. The zero-order valence-corrected chi connectivity index (χ0v) is 19.7. The zero-order chi connectivity index (χ0) is 23.8. The molecule has 0 aliphatic carbocycles. The summed E-state index contributed by atoms with van der Waals surface area (Å²) in [5, 5.41) is 8.93. The fourth-order valence-electron chi connectivity index (χ4n) is 2.91. The normalized spacial score (nSPS) is 11.8. The maximum absolute atomic E-state index is 12.1. The van der Waals surface area contributed by atoms with Gasteiger partial charge in [-0.15, -0.1) is 0 Å². The first-order valence-corrected chi connectivity index (χ1v) is 10.8. The first-order valence-electron chi connectivity index (χ1n) is 10.8. The van der Waals surface area contributed by atoms with E-state index in [9.17, 15) is 9.59 Å². The van der Waals surface area contributed by atoms with Gasteiger partial charge in [0.15, 0.2) is 17.3 Å². The molecule has 2 heterocycles. The molecule has 2 rings (SSSR count). The molecule has 0 bridgehead atoms. The van der Waals surface area contributed by atoms with Crippen molar-refractivity contribution in [3.63, 3.8) is 0 Å². The van der Waals surface area contributed by atoms with E-state index in [0.717, 1.165) is 5.69 Å². The Bertz CT molecular complexity index is 948. The number of anilines is 3. The monoisotopic (exact) mass is 442 g/mol. The number of rotatable bonds is 11. The van der Waals surface area contributed by atoms with Crippen LogP contribution >= 0.6 is 0 Å². The third kappa shape index (κ3) is 6.36. The third-order valence-corrected chi connectivity index (χ3v) is 5.21. The lowest BCUT2D eigenvalue weighted by atomic mass is 10.2. The van der Waals surface area contributed by atoms with Gasteiger partial charge in [-0.3, -0.25) is 14.6 Å². The Hall–Kier alpha value is -3.27. The number of hydrogen-bond donors (Lipinski definition) is 4. The molecule has 10 heteroatoms. The van der Waals surface area contributed by atoms with Crippen LogP contribution in [0.5, 0.6) is 0 Å². The van der Waals surface area contributed by atoms with Crippen LogP contribution in [0.2, 0.25) is 0 Å². The molecule has 10 nitrogen and oxygen atoms in total. The van der Waals surface area contributed by atoms with Crippen LogP contribution in [0, 0.1) is 0 Å². The molecule has 0 spiro atoms. The van der Waals surface area contributed by atoms with Crippen LogP contribution in [0.4, 0.5) is 17.3 Å². The lowest BCUT2D eigenvalue weighted by molar-refractivity contribution is -0.122. The highest BCUT2D eigenvalue weighted by Gasteiger charge is 2.20. The van der Waals surface area contributed by atoms with Crippen LogP contribution in [0.25, 0.3) is 0 Å². The molecule has 0 saturated carbocycles. The predicted octanol–water partition coefficient (Wildman–Crippen LogP) is 1.39. The van der Waals surface area contributed by atoms with Crippen molar-refractivity contribution in [2.24, 2.45) is 5.73 Å². The Balaban J connectivity index is 2.26. The van der Waals surface area contributed by atoms with E-state index in [4.69, 9.17) is 10.7 Å². The topological polar surface area (TPSA) is 138 Å². The number of aryl methyl sites for hydroxylation is 1. The van der Waals surface area contributed by atoms with E-state index in [-0.39, 0.29) is 23.7 Å². The minimum absolute atomic E-state index is 0.0685. The van der Waals surface area contributed by atoms with E-state index in [1.54, 1.807) is 26.2 Å². The summed E-state index contributed by atoms with van der Waals surface area (Å²) in [6, 6.07) is 3.57. The molecule has 32 heavy (non-hydrogen) atoms. The zero-order valence-electron chi connectivity index (χ0n) is 19.7. The van der Waals surface area contributed by atoms with Crippen molar-refractivity contribution < 1.29 is 9.59 Å². The van der Waals surface area contributed by atoms with Gasteiger partial charge in [0.25, 0.3) is 5.91 Å². The van der Waals surface area contributed by atoms with Crippen LogP contribution < -0.4 is 26.6 Å². The van der Waals surface area contributed by atoms with Crippen molar-refractivity contribution in [2.45, 2.75) is 52.6 Å². The Morgan fingerprint density at radius 3 is 2.53 bits per heavy atom. The number of aromatic nitrogens is 3. The molecule has 0 aromatic carbocycles. The molecule has 2 amide bonds. The van der Waals surface area contributed by atoms with Crippen molar-refractivity contribution in [3.05, 3.63) is 35.4 Å². The number of nitrogens with two attached hydrogens (primary N) is 1. The standard InChI is InChI=1S/C22H34N8O2/c1-7-17-21(30(6)13(2)3)29-20(18(28-17)19(23)31)27-16-9-10-25-15(12-16)8-11-26-22(32)14(4)24-5/h9-10,12-14,24H,7-8,11H2,1-6H3,(H2,23,31)(H,26,32)(H,25,27,29). The molecule has 0 saturated heterocycles. The van der Waals surface area contributed by atoms with E-state index in [1.807, 2.05) is 24.9 Å². The highest BCUT2D eigenvalue weighted by atomic mass is 16.2. The predicted molar refractivity (Wildman–Crippen MR) is 126 cm³/mol. The third-order valence-electron chi connectivity index (χ3n) is 5.21. The van der Waals surface area contributed by atoms with E-state index in [2.05, 4.69) is 39.8 Å². The highest BCUT2D eigenvalue weighted by molar-refractivity contribution is 5.96. The quantitative estimate of drug-likeness (QED) is 0.409. The molecule has 2 aromatic rings. The number of carbonyl (C=O) groups is 2. The number of nitrogens with one attached hydrogen (secondary N) is 3. The highest BCUT2D eigenvalue weighted by Crippen LogP contribution is 2.25. The molecule has 0 aliphatic rings. The van der Waals surface area contributed by atoms with Crippen molar-refractivity contribution in [1.29, 1.82) is 0 Å². The number of amides is 2. The second-order valence-electron chi connectivity index (χ2n) is 7.83. The van der Waals surface area contributed by atoms with E-state index >= 15 is 0 Å². The Morgan fingerprint density at radius 1 is 1.22 bits per heavy atom. The van der Waals surface area contributed by atoms with Crippen molar-refractivity contribution >= 4 is 29.1 Å². The van der Waals surface area contributed by atoms with Gasteiger partial charge in [0.1, 0.15) is 0 Å². The molecule has 1 unspecified atom stereocenters. The molecule has 174 valence electrons. The van der Waals surface area contributed by atoms with Crippen LogP contribution in [0.1, 0.15) is 49.6 Å². The number of carbonyl (C=O) groups excluding carboxylic acids is 2. The molecule has 0 fully saturated rings. The van der Waals surface area contributed by atoms with Gasteiger partial charge in [-0.2, -0.15) is 0 Å². The number of hydrogen-bond acceptors (Lipinski definition) is 8. The number of nitrogens with zero attached hydrogens (tertiary/aromatic N) is 4. The maximum Gasteiger partial charge on any atom is 0.271 e. The first-order chi connectivity index (χ1) is 15.2. The summed E-state index contributed by atoms with van der Waals surface area (Å²) in [6.45, 7) is 8.33. The van der Waals surface area contributed by atoms with Gasteiger partial charge in [-0.05, 0) is 46.4 Å². The largest absolute Gasteiger partial charge is 0.364 e. The van der Waals surface area contributed by atoms with Gasteiger partial charge in [-0.1, -0.05) is 6.92 Å². The van der Waals surface area contributed by atoms with E-state index in [1.165, 1.54) is 0 Å². The van der Waals surface area contributed by atoms with Crippen molar-refractivity contribution in [3.8, 4) is 0 Å². The summed E-state index contributed by atoms with van der Waals surface area (Å²) in [6.07, 6.45) is 2.84. The van der Waals surface area contributed by atoms with E-state index in [0.29, 0.717) is 42.4 Å². The molecular weight excluding hydrogens is 408 g/mol. The molecule has 0 radical (unpaired) electrons. The molecule has 1 atom stereocenters. The lowest BCUT2D eigenvalue weighted by Gasteiger charge is -2.25. The van der Waals surface area contributed by atoms with Crippen LogP contribution in [-0.4, -0.2) is 59.5 Å². The van der Waals surface area contributed by atoms with Gasteiger partial charge < -0.3 is 26.6 Å². The summed E-state index contributed by atoms with van der Waals surface area (Å²) < 4.78 is 0. The number of primary amides is 1. The van der Waals surface area contributed by atoms with Crippen LogP contribution in [0.3, 0.4) is 0 Å².